The molecule has 2 N–H and O–H groups in total. The molecule has 0 aliphatic carbocycles. The molecule has 0 radical (unpaired) electrons. The zero-order valence-corrected chi connectivity index (χ0v) is 17.3. The highest BCUT2D eigenvalue weighted by Gasteiger charge is 2.26. The third kappa shape index (κ3) is 5.11. The molecule has 1 atom stereocenters. The molecule has 2 heterocycles. The fourth-order valence-electron chi connectivity index (χ4n) is 3.77. The molecule has 0 bridgehead atoms. The highest BCUT2D eigenvalue weighted by atomic mass is 19.1. The number of benzene rings is 2. The lowest BCUT2D eigenvalue weighted by molar-refractivity contribution is 0.0668. The minimum absolute atomic E-state index is 0.0830. The Morgan fingerprint density at radius 2 is 1.94 bits per heavy atom. The second-order valence-corrected chi connectivity index (χ2v) is 7.70. The van der Waals surface area contributed by atoms with Gasteiger partial charge in [-0.15, -0.1) is 0 Å². The van der Waals surface area contributed by atoms with Gasteiger partial charge in [-0.1, -0.05) is 18.2 Å². The van der Waals surface area contributed by atoms with Gasteiger partial charge in [-0.25, -0.2) is 18.3 Å². The Hall–Kier alpha value is -3.75. The maximum absolute atomic E-state index is 14.0. The Kier molecular flexibility index (Phi) is 6.44. The van der Waals surface area contributed by atoms with Crippen molar-refractivity contribution in [1.82, 2.24) is 20.0 Å². The third-order valence-corrected chi connectivity index (χ3v) is 5.35. The molecule has 3 amide bonds. The van der Waals surface area contributed by atoms with Crippen LogP contribution in [0, 0.1) is 17.6 Å². The Morgan fingerprint density at radius 1 is 1.09 bits per heavy atom. The molecule has 1 aliphatic heterocycles. The van der Waals surface area contributed by atoms with Crippen LogP contribution in [0.4, 0.5) is 19.3 Å². The zero-order valence-electron chi connectivity index (χ0n) is 17.3. The van der Waals surface area contributed by atoms with E-state index in [2.05, 4.69) is 15.7 Å². The van der Waals surface area contributed by atoms with Crippen LogP contribution in [0.3, 0.4) is 0 Å². The van der Waals surface area contributed by atoms with Gasteiger partial charge in [0, 0.05) is 31.5 Å². The van der Waals surface area contributed by atoms with Gasteiger partial charge in [0.05, 0.1) is 0 Å². The molecule has 2 aromatic carbocycles. The van der Waals surface area contributed by atoms with E-state index in [1.165, 1.54) is 28.9 Å². The first-order valence-electron chi connectivity index (χ1n) is 10.4. The summed E-state index contributed by atoms with van der Waals surface area (Å²) in [6.07, 6.45) is 3.23. The maximum Gasteiger partial charge on any atom is 0.319 e. The van der Waals surface area contributed by atoms with Gasteiger partial charge in [-0.05, 0) is 55.2 Å². The normalized spacial score (nSPS) is 15.9. The SMILES string of the molecule is O=C(NCC1CCCN(C(=O)c2ccn(-c3ccccc3F)n2)C1)Nc1cccc(F)c1. The van der Waals surface area contributed by atoms with Crippen molar-refractivity contribution >= 4 is 17.6 Å². The van der Waals surface area contributed by atoms with Crippen molar-refractivity contribution in [3.05, 3.63) is 78.1 Å². The minimum Gasteiger partial charge on any atom is -0.338 e. The Labute approximate surface area is 184 Å². The number of rotatable bonds is 5. The molecule has 9 heteroatoms. The molecule has 32 heavy (non-hydrogen) atoms. The van der Waals surface area contributed by atoms with Gasteiger partial charge in [-0.2, -0.15) is 5.10 Å². The summed E-state index contributed by atoms with van der Waals surface area (Å²) in [4.78, 5) is 26.7. The Morgan fingerprint density at radius 3 is 2.75 bits per heavy atom. The van der Waals surface area contributed by atoms with Gasteiger partial charge in [0.2, 0.25) is 0 Å². The number of carbonyl (C=O) groups excluding carboxylic acids is 2. The van der Waals surface area contributed by atoms with Crippen LogP contribution in [0.1, 0.15) is 23.3 Å². The summed E-state index contributed by atoms with van der Waals surface area (Å²) in [7, 11) is 0. The lowest BCUT2D eigenvalue weighted by atomic mass is 9.98. The van der Waals surface area contributed by atoms with Crippen LogP contribution in [0.15, 0.2) is 60.8 Å². The van der Waals surface area contributed by atoms with E-state index in [1.807, 2.05) is 0 Å². The number of amides is 3. The lowest BCUT2D eigenvalue weighted by Crippen LogP contribution is -2.44. The topological polar surface area (TPSA) is 79.3 Å². The average molecular weight is 439 g/mol. The smallest absolute Gasteiger partial charge is 0.319 e. The number of nitrogens with one attached hydrogen (secondary N) is 2. The van der Waals surface area contributed by atoms with Crippen molar-refractivity contribution in [1.29, 1.82) is 0 Å². The minimum atomic E-state index is -0.429. The second kappa shape index (κ2) is 9.59. The van der Waals surface area contributed by atoms with Gasteiger partial charge in [0.25, 0.3) is 5.91 Å². The molecule has 4 rings (SSSR count). The molecule has 1 saturated heterocycles. The van der Waals surface area contributed by atoms with E-state index in [4.69, 9.17) is 0 Å². The number of anilines is 1. The molecular weight excluding hydrogens is 416 g/mol. The maximum atomic E-state index is 14.0. The predicted molar refractivity (Wildman–Crippen MR) is 116 cm³/mol. The summed E-state index contributed by atoms with van der Waals surface area (Å²) >= 11 is 0. The Balaban J connectivity index is 1.32. The van der Waals surface area contributed by atoms with Crippen molar-refractivity contribution in [2.75, 3.05) is 25.0 Å². The monoisotopic (exact) mass is 439 g/mol. The number of hydrogen-bond donors (Lipinski definition) is 2. The number of likely N-dealkylation sites (tertiary alicyclic amines) is 1. The summed E-state index contributed by atoms with van der Waals surface area (Å²) in [5, 5.41) is 9.62. The molecule has 1 aliphatic rings. The van der Waals surface area contributed by atoms with Crippen LogP contribution in [0.5, 0.6) is 0 Å². The Bertz CT molecular complexity index is 1120. The molecule has 1 aromatic heterocycles. The van der Waals surface area contributed by atoms with Gasteiger partial charge in [0.1, 0.15) is 17.3 Å². The first-order chi connectivity index (χ1) is 15.5. The van der Waals surface area contributed by atoms with Crippen LogP contribution in [0.25, 0.3) is 5.69 Å². The van der Waals surface area contributed by atoms with Gasteiger partial charge < -0.3 is 15.5 Å². The van der Waals surface area contributed by atoms with E-state index < -0.39 is 17.7 Å². The molecule has 3 aromatic rings. The van der Waals surface area contributed by atoms with Gasteiger partial charge in [0.15, 0.2) is 5.69 Å². The third-order valence-electron chi connectivity index (χ3n) is 5.35. The van der Waals surface area contributed by atoms with Crippen molar-refractivity contribution in [3.63, 3.8) is 0 Å². The van der Waals surface area contributed by atoms with Crippen molar-refractivity contribution < 1.29 is 18.4 Å². The van der Waals surface area contributed by atoms with E-state index >= 15 is 0 Å². The lowest BCUT2D eigenvalue weighted by Gasteiger charge is -2.32. The number of para-hydroxylation sites is 1. The van der Waals surface area contributed by atoms with Crippen LogP contribution < -0.4 is 10.6 Å². The largest absolute Gasteiger partial charge is 0.338 e. The van der Waals surface area contributed by atoms with Crippen LogP contribution in [-0.2, 0) is 0 Å². The molecular formula is C23H23F2N5O2. The molecule has 0 saturated carbocycles. The second-order valence-electron chi connectivity index (χ2n) is 7.70. The van der Waals surface area contributed by atoms with Crippen LogP contribution >= 0.6 is 0 Å². The molecule has 0 spiro atoms. The van der Waals surface area contributed by atoms with Gasteiger partial charge >= 0.3 is 6.03 Å². The van der Waals surface area contributed by atoms with E-state index in [9.17, 15) is 18.4 Å². The van der Waals surface area contributed by atoms with E-state index in [-0.39, 0.29) is 23.2 Å². The van der Waals surface area contributed by atoms with Crippen molar-refractivity contribution in [3.8, 4) is 5.69 Å². The van der Waals surface area contributed by atoms with Crippen LogP contribution in [0.2, 0.25) is 0 Å². The molecule has 1 fully saturated rings. The number of urea groups is 1. The van der Waals surface area contributed by atoms with Crippen molar-refractivity contribution in [2.24, 2.45) is 5.92 Å². The predicted octanol–water partition coefficient (Wildman–Crippen LogP) is 3.82. The zero-order chi connectivity index (χ0) is 22.5. The summed E-state index contributed by atoms with van der Waals surface area (Å²) in [6.45, 7) is 1.46. The fraction of sp³-hybridized carbons (Fsp3) is 0.261. The van der Waals surface area contributed by atoms with Crippen molar-refractivity contribution in [2.45, 2.75) is 12.8 Å². The number of piperidine rings is 1. The first kappa shape index (κ1) is 21.5. The fourth-order valence-corrected chi connectivity index (χ4v) is 3.77. The molecule has 166 valence electrons. The van der Waals surface area contributed by atoms with E-state index in [0.717, 1.165) is 12.8 Å². The number of aromatic nitrogens is 2. The van der Waals surface area contributed by atoms with E-state index in [0.29, 0.717) is 25.3 Å². The summed E-state index contributed by atoms with van der Waals surface area (Å²) in [5.74, 6) is -0.995. The van der Waals surface area contributed by atoms with Gasteiger partial charge in [-0.3, -0.25) is 4.79 Å². The molecule has 7 nitrogen and oxygen atoms in total. The summed E-state index contributed by atoms with van der Waals surface area (Å²) in [5.41, 5.74) is 0.885. The number of hydrogen-bond acceptors (Lipinski definition) is 3. The first-order valence-corrected chi connectivity index (χ1v) is 10.4. The summed E-state index contributed by atoms with van der Waals surface area (Å²) < 4.78 is 28.6. The summed E-state index contributed by atoms with van der Waals surface area (Å²) in [6, 6.07) is 13.0. The standard InChI is InChI=1S/C23H23F2N5O2/c24-17-6-3-7-18(13-17)27-23(32)26-14-16-5-4-11-29(15-16)22(31)20-10-12-30(28-20)21-9-2-1-8-19(21)25/h1-3,6-10,12-13,16H,4-5,11,14-15H2,(H2,26,27,32). The van der Waals surface area contributed by atoms with E-state index in [1.54, 1.807) is 41.4 Å². The average Bonchev–Trinajstić information content (AvgIpc) is 3.28. The highest BCUT2D eigenvalue weighted by molar-refractivity contribution is 5.92. The quantitative estimate of drug-likeness (QED) is 0.634. The number of halogens is 2. The van der Waals surface area contributed by atoms with Crippen LogP contribution in [-0.4, -0.2) is 46.3 Å². The highest BCUT2D eigenvalue weighted by Crippen LogP contribution is 2.19. The number of nitrogens with zero attached hydrogens (tertiary/aromatic N) is 3. The molecule has 1 unspecified atom stereocenters. The number of carbonyl (C=O) groups is 2.